The standard InChI is InChI=1S/C18H22N2O5/c1-9(2)16(17(22)20-18(19)23)25-15(21)7-12-8-24-14-6-11(4)10(3)5-13(12)14/h5-6,8-9,16H,7H2,1-4H3,(H3,19,20,22,23)/t16-/m0/s1. The summed E-state index contributed by atoms with van der Waals surface area (Å²) >= 11 is 0. The number of ether oxygens (including phenoxy) is 1. The Kier molecular flexibility index (Phi) is 5.46. The first kappa shape index (κ1) is 18.5. The molecule has 0 unspecified atom stereocenters. The fraction of sp³-hybridized carbons (Fsp3) is 0.389. The average molecular weight is 346 g/mol. The van der Waals surface area contributed by atoms with Crippen LogP contribution in [-0.4, -0.2) is 24.0 Å². The molecule has 3 amide bonds. The minimum atomic E-state index is -1.10. The van der Waals surface area contributed by atoms with Gasteiger partial charge in [-0.15, -0.1) is 0 Å². The van der Waals surface area contributed by atoms with E-state index >= 15 is 0 Å². The number of benzene rings is 1. The van der Waals surface area contributed by atoms with Crippen molar-refractivity contribution in [2.75, 3.05) is 0 Å². The molecule has 25 heavy (non-hydrogen) atoms. The number of primary amides is 1. The van der Waals surface area contributed by atoms with Gasteiger partial charge >= 0.3 is 12.0 Å². The van der Waals surface area contributed by atoms with Gasteiger partial charge in [-0.2, -0.15) is 0 Å². The third kappa shape index (κ3) is 4.37. The number of rotatable bonds is 5. The molecule has 0 saturated heterocycles. The van der Waals surface area contributed by atoms with Crippen molar-refractivity contribution >= 4 is 28.9 Å². The number of aryl methyl sites for hydroxylation is 2. The summed E-state index contributed by atoms with van der Waals surface area (Å²) < 4.78 is 10.7. The minimum absolute atomic E-state index is 0.0391. The number of furan rings is 1. The van der Waals surface area contributed by atoms with E-state index in [0.717, 1.165) is 16.5 Å². The second kappa shape index (κ2) is 7.38. The lowest BCUT2D eigenvalue weighted by molar-refractivity contribution is -0.157. The number of carbonyl (C=O) groups excluding carboxylic acids is 3. The Balaban J connectivity index is 2.14. The summed E-state index contributed by atoms with van der Waals surface area (Å²) in [5.41, 5.74) is 8.49. The molecular weight excluding hydrogens is 324 g/mol. The largest absolute Gasteiger partial charge is 0.464 e. The Labute approximate surface area is 145 Å². The summed E-state index contributed by atoms with van der Waals surface area (Å²) in [5, 5.41) is 2.77. The number of amides is 3. The highest BCUT2D eigenvalue weighted by atomic mass is 16.5. The maximum Gasteiger partial charge on any atom is 0.318 e. The molecular formula is C18H22N2O5. The maximum absolute atomic E-state index is 12.3. The van der Waals surface area contributed by atoms with E-state index < -0.39 is 24.0 Å². The zero-order chi connectivity index (χ0) is 18.7. The van der Waals surface area contributed by atoms with Gasteiger partial charge in [0, 0.05) is 10.9 Å². The number of nitrogens with two attached hydrogens (primary N) is 1. The first-order valence-electron chi connectivity index (χ1n) is 7.96. The van der Waals surface area contributed by atoms with Gasteiger partial charge in [-0.3, -0.25) is 14.9 Å². The Morgan fingerprint density at radius 2 is 1.84 bits per heavy atom. The summed E-state index contributed by atoms with van der Waals surface area (Å²) in [6.45, 7) is 7.37. The Morgan fingerprint density at radius 3 is 2.44 bits per heavy atom. The van der Waals surface area contributed by atoms with Gasteiger partial charge in [0.25, 0.3) is 5.91 Å². The van der Waals surface area contributed by atoms with Gasteiger partial charge in [-0.05, 0) is 43.0 Å². The van der Waals surface area contributed by atoms with E-state index in [1.165, 1.54) is 6.26 Å². The van der Waals surface area contributed by atoms with Crippen molar-refractivity contribution in [1.29, 1.82) is 0 Å². The van der Waals surface area contributed by atoms with Crippen LogP contribution >= 0.6 is 0 Å². The van der Waals surface area contributed by atoms with Gasteiger partial charge in [0.15, 0.2) is 6.10 Å². The van der Waals surface area contributed by atoms with E-state index in [4.69, 9.17) is 14.9 Å². The quantitative estimate of drug-likeness (QED) is 0.807. The summed E-state index contributed by atoms with van der Waals surface area (Å²) in [6, 6.07) is 2.88. The normalized spacial score (nSPS) is 12.2. The van der Waals surface area contributed by atoms with Crippen molar-refractivity contribution in [3.8, 4) is 0 Å². The molecule has 0 aliphatic carbocycles. The second-order valence-electron chi connectivity index (χ2n) is 6.38. The predicted octanol–water partition coefficient (Wildman–Crippen LogP) is 2.35. The van der Waals surface area contributed by atoms with Gasteiger partial charge in [0.2, 0.25) is 0 Å². The molecule has 2 rings (SSSR count). The molecule has 1 atom stereocenters. The number of imide groups is 1. The number of nitrogens with one attached hydrogen (secondary N) is 1. The van der Waals surface area contributed by atoms with Crippen molar-refractivity contribution in [3.63, 3.8) is 0 Å². The summed E-state index contributed by atoms with van der Waals surface area (Å²) in [7, 11) is 0. The van der Waals surface area contributed by atoms with Gasteiger partial charge in [-0.1, -0.05) is 13.8 Å². The first-order valence-corrected chi connectivity index (χ1v) is 7.96. The highest BCUT2D eigenvalue weighted by Gasteiger charge is 2.27. The van der Waals surface area contributed by atoms with Crippen LogP contribution in [0.5, 0.6) is 0 Å². The average Bonchev–Trinajstić information content (AvgIpc) is 2.86. The molecule has 0 bridgehead atoms. The zero-order valence-corrected chi connectivity index (χ0v) is 14.7. The summed E-state index contributed by atoms with van der Waals surface area (Å²) in [5.74, 6) is -1.63. The van der Waals surface area contributed by atoms with Crippen molar-refractivity contribution in [1.82, 2.24) is 5.32 Å². The fourth-order valence-electron chi connectivity index (χ4n) is 2.50. The third-order valence-corrected chi connectivity index (χ3v) is 3.97. The van der Waals surface area contributed by atoms with Crippen LogP contribution < -0.4 is 11.1 Å². The molecule has 7 nitrogen and oxygen atoms in total. The lowest BCUT2D eigenvalue weighted by Crippen LogP contribution is -2.45. The monoisotopic (exact) mass is 346 g/mol. The molecule has 0 radical (unpaired) electrons. The topological polar surface area (TPSA) is 112 Å². The molecule has 0 aliphatic heterocycles. The van der Waals surface area contributed by atoms with E-state index in [1.54, 1.807) is 13.8 Å². The number of esters is 1. The molecule has 1 aromatic heterocycles. The lowest BCUT2D eigenvalue weighted by atomic mass is 10.0. The third-order valence-electron chi connectivity index (χ3n) is 3.97. The minimum Gasteiger partial charge on any atom is -0.464 e. The van der Waals surface area contributed by atoms with Crippen LogP contribution in [0.15, 0.2) is 22.8 Å². The van der Waals surface area contributed by atoms with Crippen LogP contribution in [0.1, 0.15) is 30.5 Å². The van der Waals surface area contributed by atoms with Crippen LogP contribution in [0.25, 0.3) is 11.0 Å². The Morgan fingerprint density at radius 1 is 1.20 bits per heavy atom. The van der Waals surface area contributed by atoms with Gasteiger partial charge < -0.3 is 14.9 Å². The first-order chi connectivity index (χ1) is 11.7. The summed E-state index contributed by atoms with van der Waals surface area (Å²) in [4.78, 5) is 35.0. The Hall–Kier alpha value is -2.83. The molecule has 0 spiro atoms. The van der Waals surface area contributed by atoms with Crippen LogP contribution in [0.2, 0.25) is 0 Å². The van der Waals surface area contributed by atoms with Crippen LogP contribution in [0.3, 0.4) is 0 Å². The lowest BCUT2D eigenvalue weighted by Gasteiger charge is -2.19. The molecule has 0 aliphatic rings. The van der Waals surface area contributed by atoms with Crippen molar-refractivity contribution in [2.24, 2.45) is 11.7 Å². The van der Waals surface area contributed by atoms with E-state index in [2.05, 4.69) is 0 Å². The van der Waals surface area contributed by atoms with Crippen LogP contribution in [0, 0.1) is 19.8 Å². The van der Waals surface area contributed by atoms with Crippen LogP contribution in [0.4, 0.5) is 4.79 Å². The molecule has 1 aromatic carbocycles. The molecule has 134 valence electrons. The van der Waals surface area contributed by atoms with Gasteiger partial charge in [-0.25, -0.2) is 4.79 Å². The number of carbonyl (C=O) groups is 3. The Bertz CT molecular complexity index is 822. The van der Waals surface area contributed by atoms with Gasteiger partial charge in [0.05, 0.1) is 12.7 Å². The zero-order valence-electron chi connectivity index (χ0n) is 14.7. The molecule has 2 aromatic rings. The fourth-order valence-corrected chi connectivity index (χ4v) is 2.50. The van der Waals surface area contributed by atoms with Gasteiger partial charge in [0.1, 0.15) is 5.58 Å². The maximum atomic E-state index is 12.3. The number of hydrogen-bond donors (Lipinski definition) is 2. The second-order valence-corrected chi connectivity index (χ2v) is 6.38. The van der Waals surface area contributed by atoms with E-state index in [9.17, 15) is 14.4 Å². The van der Waals surface area contributed by atoms with Crippen LogP contribution in [-0.2, 0) is 20.7 Å². The molecule has 7 heteroatoms. The predicted molar refractivity (Wildman–Crippen MR) is 91.8 cm³/mol. The molecule has 3 N–H and O–H groups in total. The van der Waals surface area contributed by atoms with E-state index in [0.29, 0.717) is 11.1 Å². The number of fused-ring (bicyclic) bond motifs is 1. The smallest absolute Gasteiger partial charge is 0.318 e. The highest BCUT2D eigenvalue weighted by Crippen LogP contribution is 2.25. The van der Waals surface area contributed by atoms with E-state index in [-0.39, 0.29) is 12.3 Å². The van der Waals surface area contributed by atoms with Crippen molar-refractivity contribution in [2.45, 2.75) is 40.2 Å². The number of urea groups is 1. The molecule has 1 heterocycles. The molecule has 0 fully saturated rings. The summed E-state index contributed by atoms with van der Waals surface area (Å²) in [6.07, 6.45) is 0.378. The number of hydrogen-bond acceptors (Lipinski definition) is 5. The van der Waals surface area contributed by atoms with Crippen molar-refractivity contribution in [3.05, 3.63) is 35.1 Å². The van der Waals surface area contributed by atoms with Crippen molar-refractivity contribution < 1.29 is 23.5 Å². The SMILES string of the molecule is Cc1cc2occ(CC(=O)O[C@H](C(=O)NC(N)=O)C(C)C)c2cc1C. The molecule has 0 saturated carbocycles. The highest BCUT2D eigenvalue weighted by molar-refractivity contribution is 5.97. The van der Waals surface area contributed by atoms with E-state index in [1.807, 2.05) is 31.3 Å².